The topological polar surface area (TPSA) is 38.8 Å². The normalized spacial score (nSPS) is 13.6. The predicted octanol–water partition coefficient (Wildman–Crippen LogP) is 3.99. The van der Waals surface area contributed by atoms with Gasteiger partial charge in [-0.1, -0.05) is 12.1 Å². The van der Waals surface area contributed by atoms with Crippen LogP contribution in [-0.2, 0) is 11.3 Å². The summed E-state index contributed by atoms with van der Waals surface area (Å²) in [7, 11) is 1.60. The molecule has 1 aliphatic rings. The third-order valence-corrected chi connectivity index (χ3v) is 4.77. The molecule has 0 saturated carbocycles. The molecule has 0 fully saturated rings. The highest BCUT2D eigenvalue weighted by molar-refractivity contribution is 14.1. The first-order valence-electron chi connectivity index (χ1n) is 6.63. The molecular weight excluding hydrogens is 461 g/mol. The summed E-state index contributed by atoms with van der Waals surface area (Å²) in [6.07, 6.45) is 0. The molecule has 2 aromatic carbocycles. The summed E-state index contributed by atoms with van der Waals surface area (Å²) in [4.78, 5) is 14.0. The van der Waals surface area contributed by atoms with Crippen molar-refractivity contribution in [3.63, 3.8) is 0 Å². The van der Waals surface area contributed by atoms with Gasteiger partial charge in [-0.3, -0.25) is 4.79 Å². The molecule has 0 unspecified atom stereocenters. The van der Waals surface area contributed by atoms with Gasteiger partial charge in [-0.05, 0) is 56.2 Å². The first-order valence-corrected chi connectivity index (χ1v) is 8.51. The number of halogens is 2. The summed E-state index contributed by atoms with van der Waals surface area (Å²) in [5, 5.41) is 0. The zero-order valence-corrected chi connectivity index (χ0v) is 15.5. The maximum Gasteiger partial charge on any atom is 0.265 e. The van der Waals surface area contributed by atoms with E-state index in [1.165, 1.54) is 3.57 Å². The van der Waals surface area contributed by atoms with Gasteiger partial charge < -0.3 is 14.4 Å². The molecule has 0 bridgehead atoms. The van der Waals surface area contributed by atoms with E-state index >= 15 is 0 Å². The van der Waals surface area contributed by atoms with E-state index in [2.05, 4.69) is 38.5 Å². The third-order valence-electron chi connectivity index (χ3n) is 3.43. The number of fused-ring (bicyclic) bond motifs is 1. The molecule has 0 aromatic heterocycles. The molecule has 0 atom stereocenters. The largest absolute Gasteiger partial charge is 0.495 e. The van der Waals surface area contributed by atoms with E-state index < -0.39 is 0 Å². The molecule has 2 aromatic rings. The molecule has 114 valence electrons. The van der Waals surface area contributed by atoms with E-state index in [9.17, 15) is 4.79 Å². The Bertz CT molecular complexity index is 718. The van der Waals surface area contributed by atoms with Gasteiger partial charge in [0.15, 0.2) is 6.61 Å². The summed E-state index contributed by atoms with van der Waals surface area (Å²) in [6, 6.07) is 11.8. The fraction of sp³-hybridized carbons (Fsp3) is 0.188. The maximum atomic E-state index is 12.3. The van der Waals surface area contributed by atoms with Crippen molar-refractivity contribution in [2.45, 2.75) is 6.54 Å². The van der Waals surface area contributed by atoms with Crippen LogP contribution in [0.3, 0.4) is 0 Å². The quantitative estimate of drug-likeness (QED) is 0.633. The number of carbonyl (C=O) groups excluding carboxylic acids is 1. The average Bonchev–Trinajstić information content (AvgIpc) is 2.52. The van der Waals surface area contributed by atoms with Gasteiger partial charge >= 0.3 is 0 Å². The number of hydrogen-bond acceptors (Lipinski definition) is 3. The molecule has 1 amide bonds. The molecular formula is C16H13BrINO3. The number of hydrogen-bond donors (Lipinski definition) is 0. The van der Waals surface area contributed by atoms with E-state index in [1.807, 2.05) is 36.4 Å². The van der Waals surface area contributed by atoms with Crippen LogP contribution in [0, 0.1) is 3.57 Å². The van der Waals surface area contributed by atoms with Gasteiger partial charge in [0, 0.05) is 15.7 Å². The first-order chi connectivity index (χ1) is 10.6. The zero-order chi connectivity index (χ0) is 15.7. The van der Waals surface area contributed by atoms with Crippen LogP contribution in [0.2, 0.25) is 0 Å². The van der Waals surface area contributed by atoms with Crippen molar-refractivity contribution in [1.29, 1.82) is 0 Å². The minimum absolute atomic E-state index is 0.0517. The average molecular weight is 474 g/mol. The van der Waals surface area contributed by atoms with Crippen molar-refractivity contribution >= 4 is 50.1 Å². The van der Waals surface area contributed by atoms with Gasteiger partial charge in [0.05, 0.1) is 23.8 Å². The molecule has 4 nitrogen and oxygen atoms in total. The summed E-state index contributed by atoms with van der Waals surface area (Å²) >= 11 is 5.70. The number of carbonyl (C=O) groups is 1. The number of rotatable bonds is 3. The van der Waals surface area contributed by atoms with Gasteiger partial charge in [-0.2, -0.15) is 0 Å². The highest BCUT2D eigenvalue weighted by Crippen LogP contribution is 2.40. The molecule has 1 heterocycles. The van der Waals surface area contributed by atoms with Crippen LogP contribution < -0.4 is 14.4 Å². The van der Waals surface area contributed by atoms with E-state index in [0.29, 0.717) is 18.0 Å². The molecule has 6 heteroatoms. The lowest BCUT2D eigenvalue weighted by atomic mass is 10.1. The molecule has 22 heavy (non-hydrogen) atoms. The van der Waals surface area contributed by atoms with Crippen LogP contribution in [0.15, 0.2) is 40.9 Å². The van der Waals surface area contributed by atoms with E-state index in [4.69, 9.17) is 9.47 Å². The molecule has 3 rings (SSSR count). The number of anilines is 1. The van der Waals surface area contributed by atoms with Crippen LogP contribution in [0.25, 0.3) is 0 Å². The summed E-state index contributed by atoms with van der Waals surface area (Å²) in [5.74, 6) is 1.29. The first kappa shape index (κ1) is 15.6. The Balaban J connectivity index is 1.98. The van der Waals surface area contributed by atoms with Crippen molar-refractivity contribution in [3.05, 3.63) is 50.0 Å². The summed E-state index contributed by atoms with van der Waals surface area (Å²) in [5.41, 5.74) is 1.80. The number of methoxy groups -OCH3 is 1. The predicted molar refractivity (Wildman–Crippen MR) is 96.5 cm³/mol. The molecule has 0 spiro atoms. The van der Waals surface area contributed by atoms with Crippen LogP contribution in [-0.4, -0.2) is 19.6 Å². The fourth-order valence-corrected chi connectivity index (χ4v) is 3.15. The second kappa shape index (κ2) is 6.45. The van der Waals surface area contributed by atoms with Gasteiger partial charge in [0.25, 0.3) is 5.91 Å². The van der Waals surface area contributed by atoms with Crippen LogP contribution in [0.1, 0.15) is 5.56 Å². The lowest BCUT2D eigenvalue weighted by Crippen LogP contribution is -2.38. The second-order valence-corrected chi connectivity index (χ2v) is 6.95. The van der Waals surface area contributed by atoms with Crippen LogP contribution in [0.4, 0.5) is 5.69 Å². The van der Waals surface area contributed by atoms with Crippen LogP contribution >= 0.6 is 38.5 Å². The number of ether oxygens (including phenoxy) is 2. The van der Waals surface area contributed by atoms with E-state index in [-0.39, 0.29) is 12.5 Å². The smallest absolute Gasteiger partial charge is 0.265 e. The Hall–Kier alpha value is -1.28. The highest BCUT2D eigenvalue weighted by atomic mass is 127. The SMILES string of the molecule is COc1cc2c(cc1Br)OCC(=O)N2Cc1ccc(I)cc1. The number of nitrogens with zero attached hydrogens (tertiary/aromatic N) is 1. The Labute approximate surface area is 150 Å². The van der Waals surface area contributed by atoms with Crippen molar-refractivity contribution in [2.75, 3.05) is 18.6 Å². The Kier molecular flexibility index (Phi) is 4.58. The minimum atomic E-state index is -0.0598. The molecule has 1 aliphatic heterocycles. The van der Waals surface area contributed by atoms with Gasteiger partial charge in [0.1, 0.15) is 11.5 Å². The van der Waals surface area contributed by atoms with Crippen molar-refractivity contribution in [2.24, 2.45) is 0 Å². The Morgan fingerprint density at radius 1 is 1.32 bits per heavy atom. The molecule has 0 saturated heterocycles. The van der Waals surface area contributed by atoms with Crippen molar-refractivity contribution < 1.29 is 14.3 Å². The Morgan fingerprint density at radius 3 is 2.73 bits per heavy atom. The third kappa shape index (κ3) is 3.08. The number of amides is 1. The highest BCUT2D eigenvalue weighted by Gasteiger charge is 2.27. The maximum absolute atomic E-state index is 12.3. The number of benzene rings is 2. The fourth-order valence-electron chi connectivity index (χ4n) is 2.30. The second-order valence-electron chi connectivity index (χ2n) is 4.85. The van der Waals surface area contributed by atoms with Gasteiger partial charge in [0.2, 0.25) is 0 Å². The van der Waals surface area contributed by atoms with E-state index in [1.54, 1.807) is 12.0 Å². The molecule has 0 N–H and O–H groups in total. The monoisotopic (exact) mass is 473 g/mol. The zero-order valence-electron chi connectivity index (χ0n) is 11.8. The van der Waals surface area contributed by atoms with Gasteiger partial charge in [-0.15, -0.1) is 0 Å². The lowest BCUT2D eigenvalue weighted by Gasteiger charge is -2.30. The summed E-state index contributed by atoms with van der Waals surface area (Å²) < 4.78 is 12.8. The molecule has 0 aliphatic carbocycles. The van der Waals surface area contributed by atoms with Crippen LogP contribution in [0.5, 0.6) is 11.5 Å². The van der Waals surface area contributed by atoms with Crippen molar-refractivity contribution in [1.82, 2.24) is 0 Å². The standard InChI is InChI=1S/C16H13BrINO3/c1-21-14-7-13-15(6-12(14)17)22-9-16(20)19(13)8-10-2-4-11(18)5-3-10/h2-7H,8-9H2,1H3. The molecule has 0 radical (unpaired) electrons. The van der Waals surface area contributed by atoms with Gasteiger partial charge in [-0.25, -0.2) is 0 Å². The lowest BCUT2D eigenvalue weighted by molar-refractivity contribution is -0.121. The Morgan fingerprint density at radius 2 is 2.05 bits per heavy atom. The minimum Gasteiger partial charge on any atom is -0.495 e. The van der Waals surface area contributed by atoms with E-state index in [0.717, 1.165) is 15.7 Å². The van der Waals surface area contributed by atoms with Crippen molar-refractivity contribution in [3.8, 4) is 11.5 Å². The summed E-state index contributed by atoms with van der Waals surface area (Å²) in [6.45, 7) is 0.563.